The number of carbonyl (C=O) groups excluding carboxylic acids is 1. The molecule has 38 heavy (non-hydrogen) atoms. The number of aromatic nitrogens is 2. The minimum Gasteiger partial charge on any atom is -0.366 e. The van der Waals surface area contributed by atoms with Crippen LogP contribution in [-0.4, -0.2) is 69.7 Å². The molecule has 0 spiro atoms. The fourth-order valence-electron chi connectivity index (χ4n) is 5.24. The van der Waals surface area contributed by atoms with Gasteiger partial charge in [0.05, 0.1) is 11.7 Å². The highest BCUT2D eigenvalue weighted by atomic mass is 32.2. The van der Waals surface area contributed by atoms with Crippen molar-refractivity contribution in [3.63, 3.8) is 0 Å². The van der Waals surface area contributed by atoms with Crippen molar-refractivity contribution in [3.8, 4) is 0 Å². The number of thioether (sulfide) groups is 1. The average Bonchev–Trinajstić information content (AvgIpc) is 3.27. The number of aryl methyl sites for hydroxylation is 2. The van der Waals surface area contributed by atoms with Crippen LogP contribution in [0, 0.1) is 31.3 Å². The number of rotatable bonds is 6. The quantitative estimate of drug-likeness (QED) is 0.426. The first kappa shape index (κ1) is 26.5. The summed E-state index contributed by atoms with van der Waals surface area (Å²) in [7, 11) is 0. The van der Waals surface area contributed by atoms with Crippen LogP contribution in [0.4, 0.5) is 18.9 Å². The third kappa shape index (κ3) is 5.96. The summed E-state index contributed by atoms with van der Waals surface area (Å²) in [4.78, 5) is 28.5. The molecule has 3 aromatic rings. The average molecular weight is 542 g/mol. The molecule has 2 aromatic carbocycles. The summed E-state index contributed by atoms with van der Waals surface area (Å²) in [5.41, 5.74) is 2.50. The molecule has 2 fully saturated rings. The molecule has 200 valence electrons. The Labute approximate surface area is 224 Å². The minimum absolute atomic E-state index is 0.0153. The molecule has 10 heteroatoms. The summed E-state index contributed by atoms with van der Waals surface area (Å²) >= 11 is 1.52. The summed E-state index contributed by atoms with van der Waals surface area (Å²) in [6, 6.07) is 11.5. The van der Waals surface area contributed by atoms with Gasteiger partial charge in [0.15, 0.2) is 5.16 Å². The van der Waals surface area contributed by atoms with Crippen LogP contribution < -0.4 is 4.90 Å². The third-order valence-electron chi connectivity index (χ3n) is 7.05. The molecule has 3 heterocycles. The van der Waals surface area contributed by atoms with Gasteiger partial charge in [-0.2, -0.15) is 0 Å². The van der Waals surface area contributed by atoms with Crippen LogP contribution >= 0.6 is 11.8 Å². The fraction of sp³-hybridized carbons (Fsp3) is 0.393. The molecule has 0 unspecified atom stereocenters. The number of likely N-dealkylation sites (tertiary alicyclic amines) is 1. The Kier molecular flexibility index (Phi) is 7.90. The second kappa shape index (κ2) is 11.3. The zero-order valence-electron chi connectivity index (χ0n) is 21.4. The van der Waals surface area contributed by atoms with Gasteiger partial charge in [0.25, 0.3) is 0 Å². The molecule has 6 nitrogen and oxygen atoms in total. The van der Waals surface area contributed by atoms with Gasteiger partial charge in [0.1, 0.15) is 17.5 Å². The lowest BCUT2D eigenvalue weighted by molar-refractivity contribution is -0.136. The van der Waals surface area contributed by atoms with Crippen molar-refractivity contribution in [2.45, 2.75) is 43.3 Å². The number of carbonyl (C=O) groups is 1. The number of anilines is 1. The Balaban J connectivity index is 1.32. The van der Waals surface area contributed by atoms with Crippen LogP contribution in [-0.2, 0) is 11.3 Å². The van der Waals surface area contributed by atoms with Crippen molar-refractivity contribution in [2.75, 3.05) is 37.6 Å². The van der Waals surface area contributed by atoms with Gasteiger partial charge in [0, 0.05) is 61.5 Å². The number of amides is 1. The summed E-state index contributed by atoms with van der Waals surface area (Å²) in [5.74, 6) is -1.33. The minimum atomic E-state index is -0.512. The molecule has 0 N–H and O–H groups in total. The van der Waals surface area contributed by atoms with Gasteiger partial charge < -0.3 is 9.80 Å². The van der Waals surface area contributed by atoms with E-state index in [0.717, 1.165) is 23.5 Å². The Morgan fingerprint density at radius 1 is 0.947 bits per heavy atom. The smallest absolute Gasteiger partial charge is 0.240 e. The van der Waals surface area contributed by atoms with E-state index in [4.69, 9.17) is 0 Å². The lowest BCUT2D eigenvalue weighted by Crippen LogP contribution is -2.53. The summed E-state index contributed by atoms with van der Waals surface area (Å²) in [6.07, 6.45) is 0.546. The highest BCUT2D eigenvalue weighted by Crippen LogP contribution is 2.34. The van der Waals surface area contributed by atoms with Crippen molar-refractivity contribution in [1.29, 1.82) is 0 Å². The van der Waals surface area contributed by atoms with Crippen LogP contribution in [0.15, 0.2) is 53.7 Å². The molecule has 2 atom stereocenters. The zero-order valence-corrected chi connectivity index (χ0v) is 22.2. The van der Waals surface area contributed by atoms with Gasteiger partial charge in [-0.15, -0.1) is 0 Å². The summed E-state index contributed by atoms with van der Waals surface area (Å²) < 4.78 is 42.7. The van der Waals surface area contributed by atoms with Gasteiger partial charge in [0.2, 0.25) is 5.91 Å². The maximum absolute atomic E-state index is 14.5. The number of halogens is 3. The molecular weight excluding hydrogens is 511 g/mol. The second-order valence-electron chi connectivity index (χ2n) is 9.85. The Bertz CT molecular complexity index is 1300. The van der Waals surface area contributed by atoms with E-state index in [-0.39, 0.29) is 29.1 Å². The highest BCUT2D eigenvalue weighted by molar-refractivity contribution is 7.99. The topological polar surface area (TPSA) is 52.6 Å². The maximum Gasteiger partial charge on any atom is 0.240 e. The highest BCUT2D eigenvalue weighted by Gasteiger charge is 2.40. The van der Waals surface area contributed by atoms with Gasteiger partial charge in [-0.25, -0.2) is 23.1 Å². The van der Waals surface area contributed by atoms with Crippen LogP contribution in [0.5, 0.6) is 0 Å². The summed E-state index contributed by atoms with van der Waals surface area (Å²) in [5, 5.41) is 0.664. The first-order valence-electron chi connectivity index (χ1n) is 12.7. The van der Waals surface area contributed by atoms with Gasteiger partial charge in [-0.05, 0) is 56.7 Å². The van der Waals surface area contributed by atoms with Crippen molar-refractivity contribution < 1.29 is 18.0 Å². The number of benzene rings is 2. The predicted octanol–water partition coefficient (Wildman–Crippen LogP) is 4.59. The standard InChI is InChI=1S/C28H30F3N5OS/c1-18-13-19(2)33-28(32-18)38-22-15-26(36(17-22)16-20-14-21(29)7-8-23(20)30)27(37)35-11-9-34(10-12-35)25-6-4-3-5-24(25)31/h3-8,13-14,22,26H,9-12,15-17H2,1-2H3/t22-,26+/m1/s1. The van der Waals surface area contributed by atoms with E-state index in [2.05, 4.69) is 9.97 Å². The van der Waals surface area contributed by atoms with E-state index in [1.165, 1.54) is 23.9 Å². The van der Waals surface area contributed by atoms with E-state index >= 15 is 0 Å². The number of hydrogen-bond acceptors (Lipinski definition) is 6. The molecule has 0 saturated carbocycles. The van der Waals surface area contributed by atoms with E-state index < -0.39 is 17.7 Å². The van der Waals surface area contributed by atoms with Crippen molar-refractivity contribution in [2.24, 2.45) is 0 Å². The first-order valence-corrected chi connectivity index (χ1v) is 13.6. The predicted molar refractivity (Wildman–Crippen MR) is 142 cm³/mol. The largest absolute Gasteiger partial charge is 0.366 e. The first-order chi connectivity index (χ1) is 18.3. The van der Waals surface area contributed by atoms with E-state index in [9.17, 15) is 18.0 Å². The number of para-hydroxylation sites is 1. The molecule has 1 aromatic heterocycles. The van der Waals surface area contributed by atoms with Crippen LogP contribution in [0.1, 0.15) is 23.4 Å². The maximum atomic E-state index is 14.5. The number of piperazine rings is 1. The third-order valence-corrected chi connectivity index (χ3v) is 8.12. The van der Waals surface area contributed by atoms with Crippen molar-refractivity contribution in [1.82, 2.24) is 19.8 Å². The van der Waals surface area contributed by atoms with E-state index in [1.54, 1.807) is 23.1 Å². The van der Waals surface area contributed by atoms with Crippen LogP contribution in [0.25, 0.3) is 0 Å². The summed E-state index contributed by atoms with van der Waals surface area (Å²) in [6.45, 7) is 6.44. The molecule has 0 bridgehead atoms. The second-order valence-corrected chi connectivity index (χ2v) is 11.1. The normalized spacial score (nSPS) is 20.2. The van der Waals surface area contributed by atoms with Crippen LogP contribution in [0.2, 0.25) is 0 Å². The fourth-order valence-corrected chi connectivity index (χ4v) is 6.48. The van der Waals surface area contributed by atoms with Gasteiger partial charge in [-0.1, -0.05) is 23.9 Å². The number of hydrogen-bond donors (Lipinski definition) is 0. The van der Waals surface area contributed by atoms with Gasteiger partial charge >= 0.3 is 0 Å². The van der Waals surface area contributed by atoms with E-state index in [1.807, 2.05) is 29.7 Å². The monoisotopic (exact) mass is 541 g/mol. The molecule has 2 aliphatic rings. The molecule has 2 aliphatic heterocycles. The molecular formula is C28H30F3N5OS. The Hall–Kier alpha value is -3.11. The Morgan fingerprint density at radius 2 is 1.66 bits per heavy atom. The molecule has 0 radical (unpaired) electrons. The molecule has 0 aliphatic carbocycles. The zero-order chi connectivity index (χ0) is 26.8. The van der Waals surface area contributed by atoms with Crippen molar-refractivity contribution in [3.05, 3.63) is 82.9 Å². The Morgan fingerprint density at radius 3 is 2.37 bits per heavy atom. The lowest BCUT2D eigenvalue weighted by Gasteiger charge is -2.38. The van der Waals surface area contributed by atoms with E-state index in [0.29, 0.717) is 50.0 Å². The van der Waals surface area contributed by atoms with Crippen LogP contribution in [0.3, 0.4) is 0 Å². The van der Waals surface area contributed by atoms with Gasteiger partial charge in [-0.3, -0.25) is 9.69 Å². The molecule has 2 saturated heterocycles. The molecule has 1 amide bonds. The number of nitrogens with zero attached hydrogens (tertiary/aromatic N) is 5. The SMILES string of the molecule is Cc1cc(C)nc(S[C@@H]2C[C@@H](C(=O)N3CCN(c4ccccc4F)CC3)N(Cc3cc(F)ccc3F)C2)n1. The molecule has 5 rings (SSSR count). The lowest BCUT2D eigenvalue weighted by atomic mass is 10.1. The van der Waals surface area contributed by atoms with Crippen molar-refractivity contribution >= 4 is 23.4 Å².